The van der Waals surface area contributed by atoms with E-state index in [1.165, 1.54) is 6.92 Å². The number of fused-ring (bicyclic) bond motifs is 1. The lowest BCUT2D eigenvalue weighted by Crippen LogP contribution is -2.63. The lowest BCUT2D eigenvalue weighted by molar-refractivity contribution is -0.328. The number of hydrogen-bond donors (Lipinski definition) is 3. The highest BCUT2D eigenvalue weighted by Crippen LogP contribution is 2.56. The van der Waals surface area contributed by atoms with Crippen LogP contribution >= 0.6 is 0 Å². The Kier molecular flexibility index (Phi) is 9.61. The van der Waals surface area contributed by atoms with Crippen LogP contribution in [-0.4, -0.2) is 76.8 Å². The summed E-state index contributed by atoms with van der Waals surface area (Å²) in [5.41, 5.74) is 0.878. The topological polar surface area (TPSA) is 132 Å². The zero-order valence-electron chi connectivity index (χ0n) is 22.9. The van der Waals surface area contributed by atoms with Gasteiger partial charge >= 0.3 is 11.9 Å². The molecule has 210 valence electrons. The highest BCUT2D eigenvalue weighted by Gasteiger charge is 2.56. The highest BCUT2D eigenvalue weighted by atomic mass is 16.7. The Morgan fingerprint density at radius 1 is 1.16 bits per heavy atom. The lowest BCUT2D eigenvalue weighted by Gasteiger charge is -2.56. The second kappa shape index (κ2) is 11.9. The Labute approximate surface area is 219 Å². The van der Waals surface area contributed by atoms with E-state index in [9.17, 15) is 24.9 Å². The summed E-state index contributed by atoms with van der Waals surface area (Å²) in [6.07, 6.45) is -3.08. The second-order valence-electron chi connectivity index (χ2n) is 11.4. The van der Waals surface area contributed by atoms with E-state index in [0.717, 1.165) is 18.4 Å². The average molecular weight is 525 g/mol. The normalized spacial score (nSPS) is 40.8. The van der Waals surface area contributed by atoms with E-state index in [0.29, 0.717) is 18.4 Å². The molecule has 1 saturated heterocycles. The largest absolute Gasteiger partial charge is 0.463 e. The first-order chi connectivity index (χ1) is 17.3. The van der Waals surface area contributed by atoms with Gasteiger partial charge in [-0.3, -0.25) is 4.79 Å². The van der Waals surface area contributed by atoms with E-state index in [1.54, 1.807) is 19.9 Å². The van der Waals surface area contributed by atoms with Crippen LogP contribution in [0, 0.1) is 23.2 Å². The third-order valence-corrected chi connectivity index (χ3v) is 8.66. The molecule has 2 saturated carbocycles. The van der Waals surface area contributed by atoms with E-state index < -0.39 is 60.3 Å². The van der Waals surface area contributed by atoms with Crippen molar-refractivity contribution in [3.63, 3.8) is 0 Å². The van der Waals surface area contributed by atoms with Crippen LogP contribution in [0.4, 0.5) is 0 Å². The molecule has 3 rings (SSSR count). The van der Waals surface area contributed by atoms with E-state index in [1.807, 2.05) is 0 Å². The number of carbonyl (C=O) groups excluding carboxylic acids is 2. The minimum atomic E-state index is -1.50. The van der Waals surface area contributed by atoms with Crippen molar-refractivity contribution in [3.05, 3.63) is 23.8 Å². The van der Waals surface area contributed by atoms with Crippen molar-refractivity contribution < 1.29 is 43.9 Å². The van der Waals surface area contributed by atoms with Gasteiger partial charge in [0.05, 0.1) is 12.2 Å². The van der Waals surface area contributed by atoms with Gasteiger partial charge in [0.15, 0.2) is 12.4 Å². The van der Waals surface area contributed by atoms with Crippen molar-refractivity contribution >= 4 is 11.9 Å². The van der Waals surface area contributed by atoms with Gasteiger partial charge in [-0.15, -0.1) is 0 Å². The maximum atomic E-state index is 12.5. The van der Waals surface area contributed by atoms with Crippen LogP contribution in [0.2, 0.25) is 0 Å². The summed E-state index contributed by atoms with van der Waals surface area (Å²) in [6.45, 7) is 14.8. The minimum Gasteiger partial charge on any atom is -0.463 e. The molecule has 10 atom stereocenters. The summed E-state index contributed by atoms with van der Waals surface area (Å²) in [5.74, 6) is -1.07. The predicted octanol–water partition coefficient (Wildman–Crippen LogP) is 2.66. The molecule has 2 aliphatic carbocycles. The van der Waals surface area contributed by atoms with Crippen LogP contribution in [0.25, 0.3) is 0 Å². The summed E-state index contributed by atoms with van der Waals surface area (Å²) < 4.78 is 23.1. The Morgan fingerprint density at radius 3 is 2.43 bits per heavy atom. The summed E-state index contributed by atoms with van der Waals surface area (Å²) in [6, 6.07) is 0. The monoisotopic (exact) mass is 524 g/mol. The fraction of sp³-hybridized carbons (Fsp3) is 0.786. The molecule has 3 aliphatic rings. The van der Waals surface area contributed by atoms with Gasteiger partial charge < -0.3 is 34.3 Å². The van der Waals surface area contributed by atoms with Gasteiger partial charge in [0.1, 0.15) is 24.9 Å². The first-order valence-electron chi connectivity index (χ1n) is 13.3. The fourth-order valence-corrected chi connectivity index (χ4v) is 6.17. The number of rotatable bonds is 7. The maximum Gasteiger partial charge on any atom is 0.333 e. The third-order valence-electron chi connectivity index (χ3n) is 8.66. The number of allylic oxidation sites excluding steroid dienone is 1. The van der Waals surface area contributed by atoms with E-state index >= 15 is 0 Å². The highest BCUT2D eigenvalue weighted by molar-refractivity contribution is 5.87. The summed E-state index contributed by atoms with van der Waals surface area (Å²) in [4.78, 5) is 24.0. The van der Waals surface area contributed by atoms with Gasteiger partial charge in [-0.2, -0.15) is 0 Å². The van der Waals surface area contributed by atoms with Gasteiger partial charge in [0.25, 0.3) is 0 Å². The molecule has 37 heavy (non-hydrogen) atoms. The number of hydrogen-bond acceptors (Lipinski definition) is 9. The Morgan fingerprint density at radius 2 is 1.84 bits per heavy atom. The van der Waals surface area contributed by atoms with E-state index in [4.69, 9.17) is 18.9 Å². The molecule has 0 unspecified atom stereocenters. The van der Waals surface area contributed by atoms with Crippen LogP contribution in [0.1, 0.15) is 67.2 Å². The summed E-state index contributed by atoms with van der Waals surface area (Å²) in [5, 5.41) is 33.1. The lowest BCUT2D eigenvalue weighted by atomic mass is 9.53. The molecule has 0 bridgehead atoms. The summed E-state index contributed by atoms with van der Waals surface area (Å²) in [7, 11) is 0. The van der Waals surface area contributed by atoms with Crippen LogP contribution in [-0.2, 0) is 28.5 Å². The van der Waals surface area contributed by atoms with Crippen molar-refractivity contribution in [2.75, 3.05) is 6.61 Å². The molecule has 0 radical (unpaired) electrons. The maximum absolute atomic E-state index is 12.5. The molecule has 1 aliphatic heterocycles. The van der Waals surface area contributed by atoms with Crippen LogP contribution in [0.3, 0.4) is 0 Å². The number of aliphatic hydroxyl groups is 3. The van der Waals surface area contributed by atoms with Gasteiger partial charge in [0.2, 0.25) is 0 Å². The van der Waals surface area contributed by atoms with Gasteiger partial charge in [-0.1, -0.05) is 39.0 Å². The molecule has 3 fully saturated rings. The quantitative estimate of drug-likeness (QED) is 0.261. The zero-order chi connectivity index (χ0) is 27.7. The smallest absolute Gasteiger partial charge is 0.333 e. The molecule has 0 aromatic heterocycles. The molecule has 0 spiro atoms. The average Bonchev–Trinajstić information content (AvgIpc) is 2.84. The molecule has 0 aromatic carbocycles. The molecule has 0 amide bonds. The standard InChI is InChI=1S/C28H44O9/c1-8-15(4)26(33)36-25-22(31)19(13-34-17(6)29)35-27(23(25)32)37-24-18(14(2)3)11-12-28(7)20(30)10-9-16(5)21(24)28/h8,14,18-25,27,30-32H,5,9-13H2,1-4,6-7H3/t18-,19+,20+,21+,22+,23+,24+,25-,27-,28-/m0/s1. The number of esters is 2. The first-order valence-corrected chi connectivity index (χ1v) is 13.3. The Hall–Kier alpha value is -1.78. The van der Waals surface area contributed by atoms with Crippen LogP contribution < -0.4 is 0 Å². The van der Waals surface area contributed by atoms with E-state index in [-0.39, 0.29) is 24.4 Å². The van der Waals surface area contributed by atoms with Crippen molar-refractivity contribution in [3.8, 4) is 0 Å². The fourth-order valence-electron chi connectivity index (χ4n) is 6.17. The third kappa shape index (κ3) is 6.11. The first kappa shape index (κ1) is 29.8. The predicted molar refractivity (Wildman–Crippen MR) is 135 cm³/mol. The van der Waals surface area contributed by atoms with Gasteiger partial charge in [-0.25, -0.2) is 4.79 Å². The second-order valence-corrected chi connectivity index (χ2v) is 11.4. The number of ether oxygens (including phenoxy) is 4. The van der Waals surface area contributed by atoms with Crippen molar-refractivity contribution in [2.24, 2.45) is 23.2 Å². The molecular weight excluding hydrogens is 480 g/mol. The van der Waals surface area contributed by atoms with E-state index in [2.05, 4.69) is 27.4 Å². The summed E-state index contributed by atoms with van der Waals surface area (Å²) >= 11 is 0. The van der Waals surface area contributed by atoms with Crippen molar-refractivity contribution in [1.29, 1.82) is 0 Å². The minimum absolute atomic E-state index is 0.0981. The molecule has 1 heterocycles. The number of carbonyl (C=O) groups is 2. The Balaban J connectivity index is 1.94. The van der Waals surface area contributed by atoms with Gasteiger partial charge in [0, 0.05) is 23.8 Å². The molecule has 9 heteroatoms. The molecule has 9 nitrogen and oxygen atoms in total. The van der Waals surface area contributed by atoms with Gasteiger partial charge in [-0.05, 0) is 51.4 Å². The van der Waals surface area contributed by atoms with Crippen LogP contribution in [0.5, 0.6) is 0 Å². The van der Waals surface area contributed by atoms with Crippen molar-refractivity contribution in [1.82, 2.24) is 0 Å². The Bertz CT molecular complexity index is 883. The molecule has 3 N–H and O–H groups in total. The molecular formula is C28H44O9. The zero-order valence-corrected chi connectivity index (χ0v) is 22.9. The van der Waals surface area contributed by atoms with Crippen LogP contribution in [0.15, 0.2) is 23.8 Å². The van der Waals surface area contributed by atoms with Crippen molar-refractivity contribution in [2.45, 2.75) is 110 Å². The SMILES string of the molecule is C=C1CC[C@@H](O)[C@]2(C)CC[C@@H](C(C)C)[C@@H](O[C@@H]3O[C@H](COC(C)=O)[C@@H](O)[C@H](OC(=O)C(C)=CC)[C@H]3O)[C@@H]12. The number of aliphatic hydroxyl groups excluding tert-OH is 3. The molecule has 0 aromatic rings.